The van der Waals surface area contributed by atoms with Crippen LogP contribution in [-0.2, 0) is 16.1 Å². The molecule has 0 saturated carbocycles. The molecule has 0 spiro atoms. The fourth-order valence-corrected chi connectivity index (χ4v) is 2.64. The second-order valence-corrected chi connectivity index (χ2v) is 6.63. The lowest BCUT2D eigenvalue weighted by molar-refractivity contribution is -0.129. The number of benzene rings is 1. The van der Waals surface area contributed by atoms with E-state index in [-0.39, 0.29) is 17.7 Å². The van der Waals surface area contributed by atoms with Gasteiger partial charge in [0.05, 0.1) is 5.92 Å². The van der Waals surface area contributed by atoms with Gasteiger partial charge in [-0.25, -0.2) is 0 Å². The number of rotatable bonds is 6. The maximum Gasteiger partial charge on any atom is 0.225 e. The summed E-state index contributed by atoms with van der Waals surface area (Å²) in [5.74, 6) is 0.457. The molecule has 1 aliphatic rings. The van der Waals surface area contributed by atoms with Crippen LogP contribution in [0.1, 0.15) is 37.8 Å². The van der Waals surface area contributed by atoms with Crippen LogP contribution in [0.25, 0.3) is 0 Å². The first kappa shape index (κ1) is 16.5. The number of aryl methyl sites for hydroxylation is 1. The van der Waals surface area contributed by atoms with E-state index in [1.54, 1.807) is 4.90 Å². The molecule has 22 heavy (non-hydrogen) atoms. The highest BCUT2D eigenvalue weighted by Crippen LogP contribution is 2.20. The minimum absolute atomic E-state index is 0.0143. The Morgan fingerprint density at radius 2 is 2.00 bits per heavy atom. The van der Waals surface area contributed by atoms with Crippen molar-refractivity contribution in [3.05, 3.63) is 35.4 Å². The standard InChI is InChI=1S/C18H26N2O2/c1-13(2)8-9-19-18(22)16-10-17(21)20(12-16)11-15-6-4-14(3)5-7-15/h4-7,13,16H,8-12H2,1-3H3,(H,19,22). The van der Waals surface area contributed by atoms with Gasteiger partial charge >= 0.3 is 0 Å². The number of hydrogen-bond donors (Lipinski definition) is 1. The van der Waals surface area contributed by atoms with Gasteiger partial charge in [0.25, 0.3) is 0 Å². The summed E-state index contributed by atoms with van der Waals surface area (Å²) >= 11 is 0. The van der Waals surface area contributed by atoms with Crippen LogP contribution in [0.15, 0.2) is 24.3 Å². The van der Waals surface area contributed by atoms with Gasteiger partial charge < -0.3 is 10.2 Å². The quantitative estimate of drug-likeness (QED) is 0.878. The molecule has 0 aromatic heterocycles. The van der Waals surface area contributed by atoms with Crippen LogP contribution in [0, 0.1) is 18.8 Å². The van der Waals surface area contributed by atoms with Crippen molar-refractivity contribution in [2.75, 3.05) is 13.1 Å². The van der Waals surface area contributed by atoms with Gasteiger partial charge in [-0.15, -0.1) is 0 Å². The molecule has 2 rings (SSSR count). The number of carbonyl (C=O) groups excluding carboxylic acids is 2. The molecule has 1 unspecified atom stereocenters. The molecule has 4 heteroatoms. The molecule has 4 nitrogen and oxygen atoms in total. The lowest BCUT2D eigenvalue weighted by Crippen LogP contribution is -2.33. The molecular formula is C18H26N2O2. The Labute approximate surface area is 132 Å². The second kappa shape index (κ2) is 7.43. The molecule has 1 saturated heterocycles. The lowest BCUT2D eigenvalue weighted by Gasteiger charge is -2.17. The molecule has 1 heterocycles. The smallest absolute Gasteiger partial charge is 0.225 e. The summed E-state index contributed by atoms with van der Waals surface area (Å²) < 4.78 is 0. The largest absolute Gasteiger partial charge is 0.356 e. The topological polar surface area (TPSA) is 49.4 Å². The second-order valence-electron chi connectivity index (χ2n) is 6.63. The van der Waals surface area contributed by atoms with Gasteiger partial charge in [0.1, 0.15) is 0 Å². The summed E-state index contributed by atoms with van der Waals surface area (Å²) in [5.41, 5.74) is 2.32. The summed E-state index contributed by atoms with van der Waals surface area (Å²) in [4.78, 5) is 26.0. The van der Waals surface area contributed by atoms with Gasteiger partial charge in [-0.05, 0) is 24.8 Å². The van der Waals surface area contributed by atoms with Gasteiger partial charge in [0.15, 0.2) is 0 Å². The molecule has 1 fully saturated rings. The Hall–Kier alpha value is -1.84. The predicted octanol–water partition coefficient (Wildman–Crippen LogP) is 2.51. The minimum Gasteiger partial charge on any atom is -0.356 e. The van der Waals surface area contributed by atoms with Crippen molar-refractivity contribution < 1.29 is 9.59 Å². The van der Waals surface area contributed by atoms with Crippen molar-refractivity contribution >= 4 is 11.8 Å². The Kier molecular flexibility index (Phi) is 5.58. The maximum atomic E-state index is 12.1. The fourth-order valence-electron chi connectivity index (χ4n) is 2.64. The minimum atomic E-state index is -0.204. The zero-order valence-corrected chi connectivity index (χ0v) is 13.8. The van der Waals surface area contributed by atoms with Gasteiger partial charge in [0, 0.05) is 26.1 Å². The van der Waals surface area contributed by atoms with Crippen LogP contribution >= 0.6 is 0 Å². The summed E-state index contributed by atoms with van der Waals surface area (Å²) in [7, 11) is 0. The normalized spacial score (nSPS) is 18.1. The van der Waals surface area contributed by atoms with Crippen LogP contribution in [0.2, 0.25) is 0 Å². The van der Waals surface area contributed by atoms with Crippen LogP contribution in [0.4, 0.5) is 0 Å². The molecule has 1 aliphatic heterocycles. The highest BCUT2D eigenvalue weighted by molar-refractivity contribution is 5.89. The zero-order chi connectivity index (χ0) is 16.1. The van der Waals surface area contributed by atoms with Gasteiger partial charge in [0.2, 0.25) is 11.8 Å². The zero-order valence-electron chi connectivity index (χ0n) is 13.8. The molecule has 1 aromatic rings. The van der Waals surface area contributed by atoms with E-state index in [2.05, 4.69) is 19.2 Å². The molecular weight excluding hydrogens is 276 g/mol. The number of amides is 2. The molecule has 0 bridgehead atoms. The number of carbonyl (C=O) groups is 2. The Morgan fingerprint density at radius 3 is 2.64 bits per heavy atom. The van der Waals surface area contributed by atoms with Crippen molar-refractivity contribution in [1.82, 2.24) is 10.2 Å². The van der Waals surface area contributed by atoms with Crippen LogP contribution in [-0.4, -0.2) is 29.8 Å². The number of nitrogens with one attached hydrogen (secondary N) is 1. The molecule has 1 N–H and O–H groups in total. The fraction of sp³-hybridized carbons (Fsp3) is 0.556. The van der Waals surface area contributed by atoms with Crippen molar-refractivity contribution in [3.8, 4) is 0 Å². The summed E-state index contributed by atoms with van der Waals surface area (Å²) in [5, 5.41) is 2.95. The third kappa shape index (κ3) is 4.58. The summed E-state index contributed by atoms with van der Waals surface area (Å²) in [6, 6.07) is 8.18. The molecule has 1 aromatic carbocycles. The number of likely N-dealkylation sites (tertiary alicyclic amines) is 1. The van der Waals surface area contributed by atoms with Gasteiger partial charge in [-0.3, -0.25) is 9.59 Å². The van der Waals surface area contributed by atoms with Crippen molar-refractivity contribution in [1.29, 1.82) is 0 Å². The van der Waals surface area contributed by atoms with E-state index in [1.807, 2.05) is 31.2 Å². The monoisotopic (exact) mass is 302 g/mol. The number of hydrogen-bond acceptors (Lipinski definition) is 2. The maximum absolute atomic E-state index is 12.1. The first-order chi connectivity index (χ1) is 10.5. The Morgan fingerprint density at radius 1 is 1.32 bits per heavy atom. The van der Waals surface area contributed by atoms with E-state index in [4.69, 9.17) is 0 Å². The van der Waals surface area contributed by atoms with Crippen LogP contribution in [0.3, 0.4) is 0 Å². The molecule has 2 amide bonds. The van der Waals surface area contributed by atoms with E-state index in [0.717, 1.165) is 12.0 Å². The first-order valence-corrected chi connectivity index (χ1v) is 8.06. The van der Waals surface area contributed by atoms with E-state index < -0.39 is 0 Å². The highest BCUT2D eigenvalue weighted by Gasteiger charge is 2.33. The van der Waals surface area contributed by atoms with Gasteiger partial charge in [-0.2, -0.15) is 0 Å². The van der Waals surface area contributed by atoms with E-state index >= 15 is 0 Å². The van der Waals surface area contributed by atoms with Crippen LogP contribution < -0.4 is 5.32 Å². The third-order valence-electron chi connectivity index (χ3n) is 4.10. The molecule has 120 valence electrons. The first-order valence-electron chi connectivity index (χ1n) is 8.06. The van der Waals surface area contributed by atoms with Crippen molar-refractivity contribution in [2.45, 2.75) is 40.2 Å². The predicted molar refractivity (Wildman–Crippen MR) is 87.2 cm³/mol. The SMILES string of the molecule is Cc1ccc(CN2CC(C(=O)NCCC(C)C)CC2=O)cc1. The Bertz CT molecular complexity index is 522. The average molecular weight is 302 g/mol. The van der Waals surface area contributed by atoms with E-state index in [9.17, 15) is 9.59 Å². The third-order valence-corrected chi connectivity index (χ3v) is 4.10. The highest BCUT2D eigenvalue weighted by atomic mass is 16.2. The molecule has 1 atom stereocenters. The van der Waals surface area contributed by atoms with Gasteiger partial charge in [-0.1, -0.05) is 43.7 Å². The number of nitrogens with zero attached hydrogens (tertiary/aromatic N) is 1. The average Bonchev–Trinajstić information content (AvgIpc) is 2.82. The lowest BCUT2D eigenvalue weighted by atomic mass is 10.1. The molecule has 0 aliphatic carbocycles. The van der Waals surface area contributed by atoms with Crippen LogP contribution in [0.5, 0.6) is 0 Å². The van der Waals surface area contributed by atoms with Crippen molar-refractivity contribution in [3.63, 3.8) is 0 Å². The Balaban J connectivity index is 1.85. The summed E-state index contributed by atoms with van der Waals surface area (Å²) in [6.45, 7) is 8.12. The summed E-state index contributed by atoms with van der Waals surface area (Å²) in [6.07, 6.45) is 1.30. The molecule has 0 radical (unpaired) electrons. The van der Waals surface area contributed by atoms with E-state index in [1.165, 1.54) is 5.56 Å². The van der Waals surface area contributed by atoms with E-state index in [0.29, 0.717) is 32.0 Å². The van der Waals surface area contributed by atoms with Crippen molar-refractivity contribution in [2.24, 2.45) is 11.8 Å².